The average molecular weight is 414 g/mol. The normalized spacial score (nSPS) is 16.7. The number of H-pyrrole nitrogens is 1. The monoisotopic (exact) mass is 413 g/mol. The van der Waals surface area contributed by atoms with E-state index in [0.717, 1.165) is 41.8 Å². The first kappa shape index (κ1) is 22.0. The molecule has 0 bridgehead atoms. The summed E-state index contributed by atoms with van der Waals surface area (Å²) in [5.41, 5.74) is 3.11. The van der Waals surface area contributed by atoms with E-state index >= 15 is 0 Å². The topological polar surface area (TPSA) is 95.5 Å². The van der Waals surface area contributed by atoms with Crippen LogP contribution in [0, 0.1) is 0 Å². The predicted octanol–water partition coefficient (Wildman–Crippen LogP) is 3.40. The summed E-state index contributed by atoms with van der Waals surface area (Å²) in [5, 5.41) is 9.46. The lowest BCUT2D eigenvalue weighted by Crippen LogP contribution is -2.35. The maximum atomic E-state index is 12.6. The van der Waals surface area contributed by atoms with Crippen LogP contribution in [-0.4, -0.2) is 45.1 Å². The summed E-state index contributed by atoms with van der Waals surface area (Å²) in [6.07, 6.45) is 3.74. The Morgan fingerprint density at radius 2 is 2.10 bits per heavy atom. The molecule has 0 spiro atoms. The second-order valence-corrected chi connectivity index (χ2v) is 7.69. The number of aromatic nitrogens is 2. The van der Waals surface area contributed by atoms with E-state index in [1.54, 1.807) is 0 Å². The van der Waals surface area contributed by atoms with Crippen molar-refractivity contribution in [2.45, 2.75) is 65.5 Å². The van der Waals surface area contributed by atoms with Crippen LogP contribution in [-0.2, 0) is 24.2 Å². The van der Waals surface area contributed by atoms with Crippen molar-refractivity contribution in [1.82, 2.24) is 14.9 Å². The number of carboxylic acids is 1. The van der Waals surface area contributed by atoms with Gasteiger partial charge in [0, 0.05) is 12.1 Å². The fourth-order valence-electron chi connectivity index (χ4n) is 4.06. The van der Waals surface area contributed by atoms with E-state index < -0.39 is 12.0 Å². The molecule has 7 heteroatoms. The Morgan fingerprint density at radius 1 is 1.30 bits per heavy atom. The molecule has 162 valence electrons. The van der Waals surface area contributed by atoms with Crippen molar-refractivity contribution < 1.29 is 14.6 Å². The lowest BCUT2D eigenvalue weighted by atomic mass is 10.1. The number of aryl methyl sites for hydroxylation is 1. The van der Waals surface area contributed by atoms with Crippen LogP contribution in [0.3, 0.4) is 0 Å². The molecule has 3 rings (SSSR count). The van der Waals surface area contributed by atoms with E-state index in [1.165, 1.54) is 0 Å². The highest BCUT2D eigenvalue weighted by molar-refractivity contribution is 5.73. The first-order valence-corrected chi connectivity index (χ1v) is 10.8. The fraction of sp³-hybridized carbons (Fsp3) is 0.522. The van der Waals surface area contributed by atoms with Crippen LogP contribution in [0.2, 0.25) is 0 Å². The number of benzene rings is 1. The van der Waals surface area contributed by atoms with Crippen molar-refractivity contribution in [3.8, 4) is 17.1 Å². The van der Waals surface area contributed by atoms with Crippen LogP contribution in [0.15, 0.2) is 23.0 Å². The van der Waals surface area contributed by atoms with Crippen molar-refractivity contribution in [3.63, 3.8) is 0 Å². The Balaban J connectivity index is 2.01. The number of aromatic amines is 1. The van der Waals surface area contributed by atoms with Crippen LogP contribution in [0.1, 0.15) is 56.9 Å². The van der Waals surface area contributed by atoms with Crippen molar-refractivity contribution in [2.24, 2.45) is 0 Å². The number of carboxylic acid groups (broad SMARTS) is 1. The summed E-state index contributed by atoms with van der Waals surface area (Å²) in [6.45, 7) is 7.86. The molecule has 7 nitrogen and oxygen atoms in total. The molecule has 0 saturated carbocycles. The van der Waals surface area contributed by atoms with E-state index in [9.17, 15) is 14.7 Å². The summed E-state index contributed by atoms with van der Waals surface area (Å²) >= 11 is 0. The summed E-state index contributed by atoms with van der Waals surface area (Å²) < 4.78 is 5.93. The predicted molar refractivity (Wildman–Crippen MR) is 116 cm³/mol. The molecular weight excluding hydrogens is 382 g/mol. The number of aliphatic carboxylic acids is 1. The molecule has 2 heterocycles. The zero-order valence-corrected chi connectivity index (χ0v) is 18.0. The van der Waals surface area contributed by atoms with Gasteiger partial charge in [-0.2, -0.15) is 0 Å². The van der Waals surface area contributed by atoms with Gasteiger partial charge in [0.1, 0.15) is 17.6 Å². The third-order valence-electron chi connectivity index (χ3n) is 5.58. The molecule has 2 N–H and O–H groups in total. The van der Waals surface area contributed by atoms with Crippen molar-refractivity contribution in [3.05, 3.63) is 45.4 Å². The molecule has 30 heavy (non-hydrogen) atoms. The Labute approximate surface area is 177 Å². The van der Waals surface area contributed by atoms with Gasteiger partial charge in [-0.05, 0) is 56.3 Å². The van der Waals surface area contributed by atoms with Crippen LogP contribution in [0.5, 0.6) is 5.75 Å². The highest BCUT2D eigenvalue weighted by Crippen LogP contribution is 2.30. The summed E-state index contributed by atoms with van der Waals surface area (Å²) in [6, 6.07) is 5.38. The lowest BCUT2D eigenvalue weighted by Gasteiger charge is -2.22. The third-order valence-corrected chi connectivity index (χ3v) is 5.58. The summed E-state index contributed by atoms with van der Waals surface area (Å²) in [7, 11) is 0. The van der Waals surface area contributed by atoms with Gasteiger partial charge in [0.2, 0.25) is 0 Å². The first-order chi connectivity index (χ1) is 14.5. The van der Waals surface area contributed by atoms with Crippen molar-refractivity contribution >= 4 is 5.97 Å². The smallest absolute Gasteiger partial charge is 0.320 e. The van der Waals surface area contributed by atoms with Gasteiger partial charge in [0.15, 0.2) is 0 Å². The van der Waals surface area contributed by atoms with Gasteiger partial charge >= 0.3 is 5.97 Å². The number of likely N-dealkylation sites (tertiary alicyclic amines) is 1. The molecule has 1 saturated heterocycles. The van der Waals surface area contributed by atoms with Gasteiger partial charge in [0.25, 0.3) is 5.56 Å². The maximum Gasteiger partial charge on any atom is 0.320 e. The quantitative estimate of drug-likeness (QED) is 0.654. The van der Waals surface area contributed by atoms with Crippen LogP contribution >= 0.6 is 0 Å². The fourth-order valence-corrected chi connectivity index (χ4v) is 4.06. The Morgan fingerprint density at radius 3 is 2.77 bits per heavy atom. The van der Waals surface area contributed by atoms with Crippen molar-refractivity contribution in [2.75, 3.05) is 13.2 Å². The standard InChI is InChI=1S/C23H31N3O4/c1-4-12-30-20-10-9-15(14-26-11-7-8-19(26)23(28)29)13-17(20)21-24-18(6-3)16(5-2)22(27)25-21/h9-10,13,19H,4-8,11-12,14H2,1-3H3,(H,28,29)(H,24,25,27). The Kier molecular flexibility index (Phi) is 7.26. The molecule has 0 radical (unpaired) electrons. The molecule has 2 aromatic rings. The molecular formula is C23H31N3O4. The van der Waals surface area contributed by atoms with E-state index in [-0.39, 0.29) is 5.56 Å². The average Bonchev–Trinajstić information content (AvgIpc) is 3.20. The first-order valence-electron chi connectivity index (χ1n) is 10.8. The number of nitrogens with zero attached hydrogens (tertiary/aromatic N) is 2. The van der Waals surface area contributed by atoms with Gasteiger partial charge in [-0.3, -0.25) is 14.5 Å². The van der Waals surface area contributed by atoms with E-state index in [0.29, 0.717) is 44.0 Å². The molecule has 1 unspecified atom stereocenters. The molecule has 1 aliphatic rings. The minimum atomic E-state index is -0.774. The van der Waals surface area contributed by atoms with E-state index in [2.05, 4.69) is 4.98 Å². The highest BCUT2D eigenvalue weighted by atomic mass is 16.5. The Bertz CT molecular complexity index is 954. The molecule has 0 amide bonds. The van der Waals surface area contributed by atoms with E-state index in [1.807, 2.05) is 43.9 Å². The number of hydrogen-bond donors (Lipinski definition) is 2. The van der Waals surface area contributed by atoms with Gasteiger partial charge in [-0.25, -0.2) is 4.98 Å². The molecule has 0 aliphatic carbocycles. The summed E-state index contributed by atoms with van der Waals surface area (Å²) in [4.78, 5) is 33.8. The number of carbonyl (C=O) groups is 1. The molecule has 1 fully saturated rings. The second-order valence-electron chi connectivity index (χ2n) is 7.69. The lowest BCUT2D eigenvalue weighted by molar-refractivity contribution is -0.142. The van der Waals surface area contributed by atoms with Crippen molar-refractivity contribution in [1.29, 1.82) is 0 Å². The minimum Gasteiger partial charge on any atom is -0.493 e. The van der Waals surface area contributed by atoms with E-state index in [4.69, 9.17) is 9.72 Å². The van der Waals surface area contributed by atoms with Gasteiger partial charge in [0.05, 0.1) is 17.9 Å². The number of hydrogen-bond acceptors (Lipinski definition) is 5. The second kappa shape index (κ2) is 9.89. The molecule has 1 aromatic carbocycles. The van der Waals surface area contributed by atoms with Crippen LogP contribution in [0.25, 0.3) is 11.4 Å². The number of nitrogens with one attached hydrogen (secondary N) is 1. The van der Waals surface area contributed by atoms with Crippen LogP contribution in [0.4, 0.5) is 0 Å². The van der Waals surface area contributed by atoms with Gasteiger partial charge in [-0.15, -0.1) is 0 Å². The zero-order chi connectivity index (χ0) is 21.7. The maximum absolute atomic E-state index is 12.6. The minimum absolute atomic E-state index is 0.114. The van der Waals surface area contributed by atoms with Gasteiger partial charge in [-0.1, -0.05) is 26.8 Å². The number of rotatable bonds is 9. The third kappa shape index (κ3) is 4.73. The highest BCUT2D eigenvalue weighted by Gasteiger charge is 2.30. The largest absolute Gasteiger partial charge is 0.493 e. The molecule has 1 atom stereocenters. The van der Waals surface area contributed by atoms with Gasteiger partial charge < -0.3 is 14.8 Å². The SMILES string of the molecule is CCCOc1ccc(CN2CCCC2C(=O)O)cc1-c1nc(CC)c(CC)c(=O)[nH]1. The van der Waals surface area contributed by atoms with Crippen LogP contribution < -0.4 is 10.3 Å². The zero-order valence-electron chi connectivity index (χ0n) is 18.0. The Hall–Kier alpha value is -2.67. The number of ether oxygens (including phenoxy) is 1. The summed E-state index contributed by atoms with van der Waals surface area (Å²) in [5.74, 6) is 0.397. The molecule has 1 aliphatic heterocycles. The molecule has 1 aromatic heterocycles.